The van der Waals surface area contributed by atoms with Gasteiger partial charge in [-0.25, -0.2) is 13.2 Å². The highest BCUT2D eigenvalue weighted by atomic mass is 32.2. The van der Waals surface area contributed by atoms with Crippen molar-refractivity contribution in [2.45, 2.75) is 0 Å². The molecular formula is C18H26N4O6S. The lowest BCUT2D eigenvalue weighted by atomic mass is 10.2. The number of sulfonamides is 1. The van der Waals surface area contributed by atoms with Crippen LogP contribution in [0.1, 0.15) is 0 Å². The topological polar surface area (TPSA) is 99.7 Å². The number of ether oxygens (including phenoxy) is 2. The quantitative estimate of drug-likeness (QED) is 0.637. The molecule has 0 saturated carbocycles. The number of methoxy groups -OCH3 is 2. The summed E-state index contributed by atoms with van der Waals surface area (Å²) in [5.41, 5.74) is 0.671. The number of carbonyl (C=O) groups is 2. The Labute approximate surface area is 170 Å². The maximum absolute atomic E-state index is 12.8. The second kappa shape index (κ2) is 8.46. The van der Waals surface area contributed by atoms with E-state index in [4.69, 9.17) is 9.47 Å². The number of hydrogen-bond donors (Lipinski definition) is 0. The van der Waals surface area contributed by atoms with Crippen LogP contribution in [0.3, 0.4) is 0 Å². The van der Waals surface area contributed by atoms with E-state index in [0.717, 1.165) is 6.26 Å². The van der Waals surface area contributed by atoms with Gasteiger partial charge in [-0.15, -0.1) is 0 Å². The minimum absolute atomic E-state index is 0.0263. The molecule has 0 unspecified atom stereocenters. The van der Waals surface area contributed by atoms with Crippen LogP contribution in [0.5, 0.6) is 11.5 Å². The van der Waals surface area contributed by atoms with Crippen LogP contribution in [-0.2, 0) is 14.8 Å². The van der Waals surface area contributed by atoms with Crippen molar-refractivity contribution in [2.75, 3.05) is 71.2 Å². The van der Waals surface area contributed by atoms with Gasteiger partial charge in [0.1, 0.15) is 6.54 Å². The molecule has 0 bridgehead atoms. The maximum Gasteiger partial charge on any atom is 0.325 e. The highest BCUT2D eigenvalue weighted by Gasteiger charge is 2.33. The van der Waals surface area contributed by atoms with Crippen molar-refractivity contribution in [2.24, 2.45) is 0 Å². The van der Waals surface area contributed by atoms with Crippen LogP contribution in [0.25, 0.3) is 0 Å². The van der Waals surface area contributed by atoms with E-state index in [9.17, 15) is 18.0 Å². The summed E-state index contributed by atoms with van der Waals surface area (Å²) in [5.74, 6) is 0.917. The zero-order chi connectivity index (χ0) is 21.2. The second-order valence-corrected chi connectivity index (χ2v) is 8.92. The van der Waals surface area contributed by atoms with E-state index >= 15 is 0 Å². The van der Waals surface area contributed by atoms with Gasteiger partial charge in [-0.2, -0.15) is 4.31 Å². The van der Waals surface area contributed by atoms with Gasteiger partial charge in [0.15, 0.2) is 11.5 Å². The van der Waals surface area contributed by atoms with E-state index < -0.39 is 10.0 Å². The van der Waals surface area contributed by atoms with Crippen LogP contribution in [0.15, 0.2) is 18.2 Å². The summed E-state index contributed by atoms with van der Waals surface area (Å²) in [6, 6.07) is 4.98. The van der Waals surface area contributed by atoms with Gasteiger partial charge < -0.3 is 19.3 Å². The van der Waals surface area contributed by atoms with Crippen LogP contribution in [0.2, 0.25) is 0 Å². The fourth-order valence-electron chi connectivity index (χ4n) is 3.49. The SMILES string of the molecule is COc1ccc(N2CCN(CC(=O)N3CCN(S(C)(=O)=O)CC3)C2=O)cc1OC. The van der Waals surface area contributed by atoms with Crippen molar-refractivity contribution in [3.8, 4) is 11.5 Å². The van der Waals surface area contributed by atoms with Gasteiger partial charge in [0.2, 0.25) is 15.9 Å². The molecule has 0 spiro atoms. The minimum Gasteiger partial charge on any atom is -0.493 e. The van der Waals surface area contributed by atoms with Crippen molar-refractivity contribution >= 4 is 27.6 Å². The van der Waals surface area contributed by atoms with Crippen LogP contribution < -0.4 is 14.4 Å². The average Bonchev–Trinajstić information content (AvgIpc) is 3.07. The van der Waals surface area contributed by atoms with Crippen molar-refractivity contribution in [1.29, 1.82) is 0 Å². The Morgan fingerprint density at radius 2 is 1.66 bits per heavy atom. The predicted molar refractivity (Wildman–Crippen MR) is 107 cm³/mol. The number of anilines is 1. The third kappa shape index (κ3) is 4.56. The molecule has 0 radical (unpaired) electrons. The standard InChI is InChI=1S/C18H26N4O6S/c1-27-15-5-4-14(12-16(15)28-2)22-11-8-20(18(22)24)13-17(23)19-6-9-21(10-7-19)29(3,25)26/h4-5,12H,6-11,13H2,1-3H3. The van der Waals surface area contributed by atoms with Gasteiger partial charge in [0.05, 0.1) is 20.5 Å². The van der Waals surface area contributed by atoms with Gasteiger partial charge in [-0.05, 0) is 12.1 Å². The molecule has 2 aliphatic heterocycles. The van der Waals surface area contributed by atoms with Gasteiger partial charge in [-0.3, -0.25) is 9.69 Å². The summed E-state index contributed by atoms with van der Waals surface area (Å²) in [6.07, 6.45) is 1.16. The molecule has 0 N–H and O–H groups in total. The molecule has 29 heavy (non-hydrogen) atoms. The van der Waals surface area contributed by atoms with E-state index in [2.05, 4.69) is 0 Å². The van der Waals surface area contributed by atoms with E-state index in [-0.39, 0.29) is 31.6 Å². The Morgan fingerprint density at radius 3 is 2.24 bits per heavy atom. The molecule has 10 nitrogen and oxygen atoms in total. The Bertz CT molecular complexity index is 882. The number of rotatable bonds is 6. The molecule has 1 aromatic carbocycles. The molecule has 11 heteroatoms. The molecule has 0 aliphatic carbocycles. The first kappa shape index (κ1) is 21.2. The van der Waals surface area contributed by atoms with Gasteiger partial charge in [0, 0.05) is 51.0 Å². The summed E-state index contributed by atoms with van der Waals surface area (Å²) in [5, 5.41) is 0. The first-order chi connectivity index (χ1) is 13.7. The Balaban J connectivity index is 1.60. The van der Waals surface area contributed by atoms with Crippen LogP contribution in [-0.4, -0.2) is 101 Å². The average molecular weight is 426 g/mol. The molecule has 3 amide bonds. The highest BCUT2D eigenvalue weighted by molar-refractivity contribution is 7.88. The molecule has 2 aliphatic rings. The minimum atomic E-state index is -3.25. The van der Waals surface area contributed by atoms with Crippen LogP contribution >= 0.6 is 0 Å². The Morgan fingerprint density at radius 1 is 1.00 bits per heavy atom. The number of carbonyl (C=O) groups excluding carboxylic acids is 2. The summed E-state index contributed by atoms with van der Waals surface area (Å²) in [4.78, 5) is 30.1. The Hall–Kier alpha value is -2.53. The summed E-state index contributed by atoms with van der Waals surface area (Å²) >= 11 is 0. The molecule has 0 atom stereocenters. The fourth-order valence-corrected chi connectivity index (χ4v) is 4.32. The van der Waals surface area contributed by atoms with Crippen molar-refractivity contribution < 1.29 is 27.5 Å². The summed E-state index contributed by atoms with van der Waals surface area (Å²) < 4.78 is 35.0. The largest absolute Gasteiger partial charge is 0.493 e. The van der Waals surface area contributed by atoms with Gasteiger partial charge in [0.25, 0.3) is 0 Å². The number of nitrogens with zero attached hydrogens (tertiary/aromatic N) is 4. The van der Waals surface area contributed by atoms with Crippen LogP contribution in [0.4, 0.5) is 10.5 Å². The van der Waals surface area contributed by atoms with E-state index in [1.165, 1.54) is 16.3 Å². The molecule has 2 heterocycles. The molecule has 3 rings (SSSR count). The number of hydrogen-bond acceptors (Lipinski definition) is 6. The number of urea groups is 1. The fraction of sp³-hybridized carbons (Fsp3) is 0.556. The maximum atomic E-state index is 12.8. The second-order valence-electron chi connectivity index (χ2n) is 6.94. The predicted octanol–water partition coefficient (Wildman–Crippen LogP) is 0.0496. The van der Waals surface area contributed by atoms with E-state index in [1.807, 2.05) is 0 Å². The normalized spacial score (nSPS) is 18.3. The molecule has 2 saturated heterocycles. The number of amides is 3. The number of piperazine rings is 1. The van der Waals surface area contributed by atoms with Gasteiger partial charge >= 0.3 is 6.03 Å². The smallest absolute Gasteiger partial charge is 0.325 e. The molecule has 1 aromatic rings. The molecule has 0 aromatic heterocycles. The van der Waals surface area contributed by atoms with E-state index in [0.29, 0.717) is 43.4 Å². The lowest BCUT2D eigenvalue weighted by Gasteiger charge is -2.34. The van der Waals surface area contributed by atoms with Gasteiger partial charge in [-0.1, -0.05) is 0 Å². The first-order valence-electron chi connectivity index (χ1n) is 9.26. The lowest BCUT2D eigenvalue weighted by molar-refractivity contribution is -0.132. The summed E-state index contributed by atoms with van der Waals surface area (Å²) in [6.45, 7) is 2.07. The number of benzene rings is 1. The van der Waals surface area contributed by atoms with Crippen LogP contribution in [0, 0.1) is 0 Å². The highest BCUT2D eigenvalue weighted by Crippen LogP contribution is 2.32. The van der Waals surface area contributed by atoms with Crippen molar-refractivity contribution in [3.05, 3.63) is 18.2 Å². The third-order valence-corrected chi connectivity index (χ3v) is 6.46. The van der Waals surface area contributed by atoms with E-state index in [1.54, 1.807) is 35.1 Å². The summed E-state index contributed by atoms with van der Waals surface area (Å²) in [7, 11) is -0.177. The third-order valence-electron chi connectivity index (χ3n) is 5.16. The monoisotopic (exact) mass is 426 g/mol. The molecule has 2 fully saturated rings. The van der Waals surface area contributed by atoms with Crippen molar-refractivity contribution in [3.63, 3.8) is 0 Å². The Kier molecular flexibility index (Phi) is 6.18. The van der Waals surface area contributed by atoms with Crippen molar-refractivity contribution in [1.82, 2.24) is 14.1 Å². The zero-order valence-corrected chi connectivity index (χ0v) is 17.6. The first-order valence-corrected chi connectivity index (χ1v) is 11.1. The lowest BCUT2D eigenvalue weighted by Crippen LogP contribution is -2.52. The molecular weight excluding hydrogens is 400 g/mol. The zero-order valence-electron chi connectivity index (χ0n) is 16.8. The molecule has 160 valence electrons.